The molecule has 102 valence electrons. The van der Waals surface area contributed by atoms with Crippen LogP contribution >= 0.6 is 12.2 Å². The SMILES string of the molecule is COc1ccc(-n2c(=S)[nH]c3c(C)ccnc32)c(C)c1. The second-order valence-electron chi connectivity index (χ2n) is 4.74. The van der Waals surface area contributed by atoms with E-state index >= 15 is 0 Å². The molecule has 0 unspecified atom stereocenters. The first-order valence-corrected chi connectivity index (χ1v) is 6.74. The van der Waals surface area contributed by atoms with Crippen LogP contribution in [-0.2, 0) is 0 Å². The molecule has 3 rings (SSSR count). The number of methoxy groups -OCH3 is 1. The summed E-state index contributed by atoms with van der Waals surface area (Å²) < 4.78 is 7.86. The van der Waals surface area contributed by atoms with Crippen LogP contribution in [0.15, 0.2) is 30.5 Å². The van der Waals surface area contributed by atoms with Gasteiger partial charge in [-0.3, -0.25) is 4.57 Å². The molecule has 5 heteroatoms. The summed E-state index contributed by atoms with van der Waals surface area (Å²) in [7, 11) is 1.66. The van der Waals surface area contributed by atoms with Crippen LogP contribution in [0.1, 0.15) is 11.1 Å². The Balaban J connectivity index is 2.32. The van der Waals surface area contributed by atoms with Crippen LogP contribution in [0, 0.1) is 18.6 Å². The molecule has 0 saturated carbocycles. The van der Waals surface area contributed by atoms with Crippen LogP contribution in [0.5, 0.6) is 5.75 Å². The Bertz CT molecular complexity index is 848. The summed E-state index contributed by atoms with van der Waals surface area (Å²) in [6.45, 7) is 4.08. The normalized spacial score (nSPS) is 10.9. The van der Waals surface area contributed by atoms with E-state index in [0.717, 1.165) is 33.7 Å². The molecule has 1 aromatic carbocycles. The van der Waals surface area contributed by atoms with Gasteiger partial charge in [-0.15, -0.1) is 0 Å². The summed E-state index contributed by atoms with van der Waals surface area (Å²) in [5.74, 6) is 0.835. The van der Waals surface area contributed by atoms with Gasteiger partial charge in [-0.2, -0.15) is 0 Å². The van der Waals surface area contributed by atoms with Gasteiger partial charge < -0.3 is 9.72 Å². The van der Waals surface area contributed by atoms with E-state index in [9.17, 15) is 0 Å². The standard InChI is InChI=1S/C15H15N3OS/c1-9-6-7-16-14-13(9)17-15(20)18(14)12-5-4-11(19-3)8-10(12)2/h4-8H,1-3H3,(H,17,20). The minimum absolute atomic E-state index is 0.648. The number of ether oxygens (including phenoxy) is 1. The summed E-state index contributed by atoms with van der Waals surface area (Å²) in [5, 5.41) is 0. The maximum absolute atomic E-state index is 5.45. The highest BCUT2D eigenvalue weighted by Crippen LogP contribution is 2.25. The van der Waals surface area contributed by atoms with Gasteiger partial charge in [0.05, 0.1) is 18.3 Å². The number of nitrogens with zero attached hydrogens (tertiary/aromatic N) is 2. The molecule has 0 spiro atoms. The number of hydrogen-bond donors (Lipinski definition) is 1. The Labute approximate surface area is 122 Å². The summed E-state index contributed by atoms with van der Waals surface area (Å²) in [5.41, 5.74) is 5.06. The van der Waals surface area contributed by atoms with Crippen molar-refractivity contribution in [2.24, 2.45) is 0 Å². The number of nitrogens with one attached hydrogen (secondary N) is 1. The summed E-state index contributed by atoms with van der Waals surface area (Å²) in [6, 6.07) is 7.89. The Kier molecular flexibility index (Phi) is 3.06. The molecule has 4 nitrogen and oxygen atoms in total. The number of aryl methyl sites for hydroxylation is 2. The van der Waals surface area contributed by atoms with Crippen molar-refractivity contribution < 1.29 is 4.74 Å². The largest absolute Gasteiger partial charge is 0.497 e. The summed E-state index contributed by atoms with van der Waals surface area (Å²) >= 11 is 5.45. The van der Waals surface area contributed by atoms with Crippen LogP contribution < -0.4 is 4.74 Å². The van der Waals surface area contributed by atoms with Gasteiger partial charge in [0.15, 0.2) is 10.4 Å². The van der Waals surface area contributed by atoms with Gasteiger partial charge in [-0.05, 0) is 61.5 Å². The number of aromatic nitrogens is 3. The molecule has 0 bridgehead atoms. The molecule has 3 aromatic rings. The number of hydrogen-bond acceptors (Lipinski definition) is 3. The lowest BCUT2D eigenvalue weighted by molar-refractivity contribution is 0.414. The molecular formula is C15H15N3OS. The molecule has 1 N–H and O–H groups in total. The van der Waals surface area contributed by atoms with E-state index in [-0.39, 0.29) is 0 Å². The highest BCUT2D eigenvalue weighted by atomic mass is 32.1. The first-order chi connectivity index (χ1) is 9.61. The van der Waals surface area contributed by atoms with Crippen molar-refractivity contribution in [2.75, 3.05) is 7.11 Å². The second-order valence-corrected chi connectivity index (χ2v) is 5.13. The van der Waals surface area contributed by atoms with Crippen molar-refractivity contribution in [1.29, 1.82) is 0 Å². The minimum atomic E-state index is 0.648. The molecule has 2 heterocycles. The Hall–Kier alpha value is -2.14. The van der Waals surface area contributed by atoms with Gasteiger partial charge in [0.25, 0.3) is 0 Å². The van der Waals surface area contributed by atoms with Crippen molar-refractivity contribution in [3.63, 3.8) is 0 Å². The van der Waals surface area contributed by atoms with E-state index in [1.807, 2.05) is 42.7 Å². The maximum Gasteiger partial charge on any atom is 0.184 e. The smallest absolute Gasteiger partial charge is 0.184 e. The van der Waals surface area contributed by atoms with Gasteiger partial charge in [-0.1, -0.05) is 0 Å². The number of benzene rings is 1. The summed E-state index contributed by atoms with van der Waals surface area (Å²) in [6.07, 6.45) is 1.80. The lowest BCUT2D eigenvalue weighted by Gasteiger charge is -2.09. The van der Waals surface area contributed by atoms with Crippen LogP contribution in [0.2, 0.25) is 0 Å². The number of pyridine rings is 1. The van der Waals surface area contributed by atoms with E-state index < -0.39 is 0 Å². The molecule has 0 radical (unpaired) electrons. The van der Waals surface area contributed by atoms with E-state index in [2.05, 4.69) is 9.97 Å². The highest BCUT2D eigenvalue weighted by molar-refractivity contribution is 7.71. The van der Waals surface area contributed by atoms with Crippen molar-refractivity contribution in [3.05, 3.63) is 46.4 Å². The average molecular weight is 285 g/mol. The molecule has 0 aliphatic heterocycles. The van der Waals surface area contributed by atoms with Crippen molar-refractivity contribution in [2.45, 2.75) is 13.8 Å². The fourth-order valence-electron chi connectivity index (χ4n) is 2.36. The minimum Gasteiger partial charge on any atom is -0.497 e. The summed E-state index contributed by atoms with van der Waals surface area (Å²) in [4.78, 5) is 7.69. The van der Waals surface area contributed by atoms with Gasteiger partial charge in [0.1, 0.15) is 5.75 Å². The quantitative estimate of drug-likeness (QED) is 0.730. The maximum atomic E-state index is 5.45. The zero-order valence-electron chi connectivity index (χ0n) is 11.6. The third-order valence-corrected chi connectivity index (χ3v) is 3.72. The molecule has 20 heavy (non-hydrogen) atoms. The van der Waals surface area contributed by atoms with E-state index in [1.165, 1.54) is 0 Å². The van der Waals surface area contributed by atoms with E-state index in [4.69, 9.17) is 17.0 Å². The zero-order chi connectivity index (χ0) is 14.3. The number of imidazole rings is 1. The third-order valence-electron chi connectivity index (χ3n) is 3.43. The fourth-order valence-corrected chi connectivity index (χ4v) is 2.64. The predicted octanol–water partition coefficient (Wildman–Crippen LogP) is 3.71. The van der Waals surface area contributed by atoms with E-state index in [0.29, 0.717) is 4.77 Å². The fraction of sp³-hybridized carbons (Fsp3) is 0.200. The molecular weight excluding hydrogens is 270 g/mol. The monoisotopic (exact) mass is 285 g/mol. The van der Waals surface area contributed by atoms with Crippen LogP contribution in [0.3, 0.4) is 0 Å². The van der Waals surface area contributed by atoms with Crippen LogP contribution in [0.4, 0.5) is 0 Å². The third kappa shape index (κ3) is 1.91. The molecule has 0 aliphatic rings. The molecule has 0 amide bonds. The van der Waals surface area contributed by atoms with Gasteiger partial charge in [0.2, 0.25) is 0 Å². The zero-order valence-corrected chi connectivity index (χ0v) is 12.4. The molecule has 0 atom stereocenters. The first-order valence-electron chi connectivity index (χ1n) is 6.33. The Morgan fingerprint density at radius 2 is 2.00 bits per heavy atom. The lowest BCUT2D eigenvalue weighted by Crippen LogP contribution is -1.99. The van der Waals surface area contributed by atoms with Crippen molar-refractivity contribution in [3.8, 4) is 11.4 Å². The highest BCUT2D eigenvalue weighted by Gasteiger charge is 2.11. The van der Waals surface area contributed by atoms with E-state index in [1.54, 1.807) is 13.3 Å². The first kappa shape index (κ1) is 12.9. The number of fused-ring (bicyclic) bond motifs is 1. The molecule has 0 aliphatic carbocycles. The lowest BCUT2D eigenvalue weighted by atomic mass is 10.2. The Morgan fingerprint density at radius 3 is 2.70 bits per heavy atom. The predicted molar refractivity (Wildman–Crippen MR) is 82.3 cm³/mol. The van der Waals surface area contributed by atoms with Gasteiger partial charge in [-0.25, -0.2) is 4.98 Å². The molecule has 0 saturated heterocycles. The van der Waals surface area contributed by atoms with Crippen LogP contribution in [0.25, 0.3) is 16.9 Å². The van der Waals surface area contributed by atoms with Gasteiger partial charge in [0, 0.05) is 6.20 Å². The molecule has 0 fully saturated rings. The average Bonchev–Trinajstić information content (AvgIpc) is 2.77. The number of aromatic amines is 1. The second kappa shape index (κ2) is 4.76. The Morgan fingerprint density at radius 1 is 1.20 bits per heavy atom. The topological polar surface area (TPSA) is 42.8 Å². The van der Waals surface area contributed by atoms with Crippen LogP contribution in [-0.4, -0.2) is 21.6 Å². The number of H-pyrrole nitrogens is 1. The van der Waals surface area contributed by atoms with Crippen molar-refractivity contribution in [1.82, 2.24) is 14.5 Å². The van der Waals surface area contributed by atoms with Crippen molar-refractivity contribution >= 4 is 23.4 Å². The molecule has 2 aromatic heterocycles. The van der Waals surface area contributed by atoms with Gasteiger partial charge >= 0.3 is 0 Å². The number of rotatable bonds is 2.